The summed E-state index contributed by atoms with van der Waals surface area (Å²) in [6.45, 7) is 1.94. The highest BCUT2D eigenvalue weighted by molar-refractivity contribution is 7.99. The number of amides is 2. The Hall–Kier alpha value is -2.47. The third-order valence-corrected chi connectivity index (χ3v) is 5.79. The van der Waals surface area contributed by atoms with Crippen molar-refractivity contribution in [2.45, 2.75) is 23.1 Å². The minimum absolute atomic E-state index is 0.196. The van der Waals surface area contributed by atoms with Crippen LogP contribution < -0.4 is 10.6 Å². The average molecular weight is 459 g/mol. The largest absolute Gasteiger partial charge is 0.352 e. The summed E-state index contributed by atoms with van der Waals surface area (Å²) in [5.41, 5.74) is 2.16. The van der Waals surface area contributed by atoms with Crippen molar-refractivity contribution in [1.82, 2.24) is 5.32 Å². The zero-order valence-corrected chi connectivity index (χ0v) is 18.6. The molecule has 0 heterocycles. The normalized spacial score (nSPS) is 10.5. The summed E-state index contributed by atoms with van der Waals surface area (Å²) < 4.78 is 0. The summed E-state index contributed by atoms with van der Waals surface area (Å²) in [5, 5.41) is 7.07. The molecule has 0 bridgehead atoms. The van der Waals surface area contributed by atoms with Crippen LogP contribution >= 0.6 is 35.0 Å². The van der Waals surface area contributed by atoms with Crippen LogP contribution in [0.2, 0.25) is 10.0 Å². The maximum absolute atomic E-state index is 12.6. The van der Waals surface area contributed by atoms with Crippen molar-refractivity contribution in [3.05, 3.63) is 87.9 Å². The molecule has 4 nitrogen and oxygen atoms in total. The fraction of sp³-hybridized carbons (Fsp3) is 0.130. The summed E-state index contributed by atoms with van der Waals surface area (Å²) in [6, 6.07) is 20.2. The van der Waals surface area contributed by atoms with Gasteiger partial charge in [-0.05, 0) is 66.6 Å². The Labute approximate surface area is 190 Å². The van der Waals surface area contributed by atoms with Gasteiger partial charge in [-0.15, -0.1) is 0 Å². The van der Waals surface area contributed by atoms with E-state index in [1.54, 1.807) is 12.1 Å². The number of hydrogen-bond donors (Lipinski definition) is 2. The average Bonchev–Trinajstić information content (AvgIpc) is 2.72. The van der Waals surface area contributed by atoms with Crippen LogP contribution in [0.5, 0.6) is 0 Å². The molecule has 2 N–H and O–H groups in total. The second-order valence-electron chi connectivity index (χ2n) is 6.58. The Morgan fingerprint density at radius 2 is 1.53 bits per heavy atom. The van der Waals surface area contributed by atoms with Crippen molar-refractivity contribution in [3.63, 3.8) is 0 Å². The van der Waals surface area contributed by atoms with Gasteiger partial charge in [0.2, 0.25) is 5.91 Å². The van der Waals surface area contributed by atoms with Gasteiger partial charge in [0, 0.05) is 38.9 Å². The molecule has 3 rings (SSSR count). The molecule has 0 saturated heterocycles. The lowest BCUT2D eigenvalue weighted by atomic mass is 10.1. The molecule has 0 spiro atoms. The first-order valence-electron chi connectivity index (χ1n) is 9.28. The number of benzene rings is 3. The van der Waals surface area contributed by atoms with Gasteiger partial charge >= 0.3 is 0 Å². The van der Waals surface area contributed by atoms with Gasteiger partial charge in [-0.2, -0.15) is 0 Å². The lowest BCUT2D eigenvalue weighted by molar-refractivity contribution is -0.114. The van der Waals surface area contributed by atoms with Crippen LogP contribution in [-0.4, -0.2) is 18.4 Å². The highest BCUT2D eigenvalue weighted by atomic mass is 35.5. The minimum Gasteiger partial charge on any atom is -0.352 e. The Balaban J connectivity index is 1.69. The monoisotopic (exact) mass is 458 g/mol. The van der Waals surface area contributed by atoms with E-state index in [0.29, 0.717) is 34.3 Å². The summed E-state index contributed by atoms with van der Waals surface area (Å²) in [5.74, 6) is -0.396. The van der Waals surface area contributed by atoms with Gasteiger partial charge in [-0.1, -0.05) is 47.1 Å². The van der Waals surface area contributed by atoms with Gasteiger partial charge in [-0.25, -0.2) is 0 Å². The van der Waals surface area contributed by atoms with Crippen molar-refractivity contribution < 1.29 is 9.59 Å². The summed E-state index contributed by atoms with van der Waals surface area (Å²) in [6.07, 6.45) is 0.700. The first-order chi connectivity index (χ1) is 14.4. The van der Waals surface area contributed by atoms with Crippen LogP contribution in [0.15, 0.2) is 76.5 Å². The molecule has 0 aromatic heterocycles. The molecular weight excluding hydrogens is 439 g/mol. The summed E-state index contributed by atoms with van der Waals surface area (Å²) in [4.78, 5) is 26.0. The molecule has 7 heteroatoms. The predicted octanol–water partition coefficient (Wildman–Crippen LogP) is 6.08. The van der Waals surface area contributed by atoms with E-state index in [4.69, 9.17) is 23.2 Å². The van der Waals surface area contributed by atoms with Gasteiger partial charge in [-0.3, -0.25) is 9.59 Å². The van der Waals surface area contributed by atoms with Crippen LogP contribution in [0.4, 0.5) is 5.69 Å². The van der Waals surface area contributed by atoms with E-state index in [2.05, 4.69) is 10.6 Å². The van der Waals surface area contributed by atoms with Crippen LogP contribution in [0.3, 0.4) is 0 Å². The van der Waals surface area contributed by atoms with E-state index >= 15 is 0 Å². The number of carbonyl (C=O) groups excluding carboxylic acids is 2. The summed E-state index contributed by atoms with van der Waals surface area (Å²) in [7, 11) is 0. The van der Waals surface area contributed by atoms with E-state index < -0.39 is 0 Å². The zero-order valence-electron chi connectivity index (χ0n) is 16.2. The van der Waals surface area contributed by atoms with E-state index in [1.165, 1.54) is 18.7 Å². The molecule has 0 aliphatic carbocycles. The maximum atomic E-state index is 12.6. The number of nitrogens with one attached hydrogen (secondary N) is 2. The van der Waals surface area contributed by atoms with E-state index in [9.17, 15) is 9.59 Å². The molecule has 0 radical (unpaired) electrons. The van der Waals surface area contributed by atoms with Crippen LogP contribution in [-0.2, 0) is 11.2 Å². The van der Waals surface area contributed by atoms with Crippen LogP contribution in [0.25, 0.3) is 0 Å². The number of halogens is 2. The minimum atomic E-state index is -0.201. The molecular formula is C23H20Cl2N2O2S. The molecule has 0 aliphatic heterocycles. The fourth-order valence-electron chi connectivity index (χ4n) is 2.75. The topological polar surface area (TPSA) is 58.2 Å². The third-order valence-electron chi connectivity index (χ3n) is 4.21. The fourth-order valence-corrected chi connectivity index (χ4v) is 3.88. The van der Waals surface area contributed by atoms with Crippen molar-refractivity contribution >= 4 is 52.5 Å². The Morgan fingerprint density at radius 1 is 0.900 bits per heavy atom. The molecule has 0 saturated carbocycles. The molecule has 0 unspecified atom stereocenters. The number of anilines is 1. The Morgan fingerprint density at radius 3 is 2.17 bits per heavy atom. The Bertz CT molecular complexity index is 1040. The molecule has 3 aromatic rings. The maximum Gasteiger partial charge on any atom is 0.251 e. The first kappa shape index (κ1) is 22.2. The lowest BCUT2D eigenvalue weighted by Gasteiger charge is -2.12. The molecule has 3 aromatic carbocycles. The zero-order chi connectivity index (χ0) is 21.5. The highest BCUT2D eigenvalue weighted by Gasteiger charge is 2.12. The number of rotatable bonds is 7. The SMILES string of the molecule is CC(=O)Nc1cc(C(=O)NCCc2ccc(Cl)cc2)ccc1Sc1ccc(Cl)cc1. The smallest absolute Gasteiger partial charge is 0.251 e. The molecule has 0 atom stereocenters. The quantitative estimate of drug-likeness (QED) is 0.451. The van der Waals surface area contributed by atoms with E-state index in [0.717, 1.165) is 15.4 Å². The Kier molecular flexibility index (Phi) is 7.80. The van der Waals surface area contributed by atoms with Gasteiger partial charge in [0.1, 0.15) is 0 Å². The highest BCUT2D eigenvalue weighted by Crippen LogP contribution is 2.34. The van der Waals surface area contributed by atoms with Crippen molar-refractivity contribution in [1.29, 1.82) is 0 Å². The van der Waals surface area contributed by atoms with Crippen molar-refractivity contribution in [2.24, 2.45) is 0 Å². The standard InChI is InChI=1S/C23H20Cl2N2O2S/c1-15(28)27-21-14-17(4-11-22(21)30-20-9-7-19(25)8-10-20)23(29)26-13-12-16-2-5-18(24)6-3-16/h2-11,14H,12-13H2,1H3,(H,26,29)(H,27,28). The number of carbonyl (C=O) groups is 2. The molecule has 30 heavy (non-hydrogen) atoms. The first-order valence-corrected chi connectivity index (χ1v) is 10.9. The van der Waals surface area contributed by atoms with Gasteiger partial charge in [0.15, 0.2) is 0 Å². The second kappa shape index (κ2) is 10.5. The second-order valence-corrected chi connectivity index (χ2v) is 8.57. The lowest BCUT2D eigenvalue weighted by Crippen LogP contribution is -2.25. The molecule has 2 amide bonds. The van der Waals surface area contributed by atoms with Gasteiger partial charge < -0.3 is 10.6 Å². The van der Waals surface area contributed by atoms with E-state index in [-0.39, 0.29) is 11.8 Å². The van der Waals surface area contributed by atoms with Gasteiger partial charge in [0.25, 0.3) is 5.91 Å². The molecule has 154 valence electrons. The predicted molar refractivity (Wildman–Crippen MR) is 124 cm³/mol. The van der Waals surface area contributed by atoms with Gasteiger partial charge in [0.05, 0.1) is 5.69 Å². The third kappa shape index (κ3) is 6.52. The summed E-state index contributed by atoms with van der Waals surface area (Å²) >= 11 is 13.3. The van der Waals surface area contributed by atoms with Crippen LogP contribution in [0.1, 0.15) is 22.8 Å². The van der Waals surface area contributed by atoms with E-state index in [1.807, 2.05) is 54.6 Å². The molecule has 0 aliphatic rings. The van der Waals surface area contributed by atoms with Crippen molar-refractivity contribution in [2.75, 3.05) is 11.9 Å². The van der Waals surface area contributed by atoms with Crippen molar-refractivity contribution in [3.8, 4) is 0 Å². The molecule has 0 fully saturated rings. The number of hydrogen-bond acceptors (Lipinski definition) is 3. The van der Waals surface area contributed by atoms with Crippen LogP contribution in [0, 0.1) is 0 Å².